The summed E-state index contributed by atoms with van der Waals surface area (Å²) < 4.78 is 22.2. The van der Waals surface area contributed by atoms with Crippen molar-refractivity contribution in [3.63, 3.8) is 0 Å². The molecular formula is C35H37FN5O3. The number of ether oxygens (including phenoxy) is 1. The number of hydrogen-bond acceptors (Lipinski definition) is 5. The first-order chi connectivity index (χ1) is 21.4. The predicted molar refractivity (Wildman–Crippen MR) is 166 cm³/mol. The number of pyridine rings is 1. The fraction of sp³-hybridized carbons (Fsp3) is 0.343. The van der Waals surface area contributed by atoms with Crippen molar-refractivity contribution in [2.24, 2.45) is 0 Å². The molecule has 2 N–H and O–H groups in total. The van der Waals surface area contributed by atoms with Crippen molar-refractivity contribution in [3.05, 3.63) is 102 Å². The molecule has 227 valence electrons. The summed E-state index contributed by atoms with van der Waals surface area (Å²) in [6.45, 7) is 4.77. The van der Waals surface area contributed by atoms with Gasteiger partial charge in [0.1, 0.15) is 22.8 Å². The number of nitrogens with one attached hydrogen (secondary N) is 2. The lowest BCUT2D eigenvalue weighted by atomic mass is 9.91. The SMILES string of the molecule is [CH2]CCc1ccc(-c2cccc(Oc3ncc(F)cc3C(=O)N[C@H]3CC[C@H](NC(=O)c4cc5n(n4)CCCC5)CC3)c2)cc1. The van der Waals surface area contributed by atoms with Crippen molar-refractivity contribution in [2.45, 2.75) is 76.4 Å². The maximum absolute atomic E-state index is 14.2. The molecule has 0 saturated heterocycles. The van der Waals surface area contributed by atoms with Crippen LogP contribution in [-0.4, -0.2) is 38.7 Å². The van der Waals surface area contributed by atoms with Crippen LogP contribution >= 0.6 is 0 Å². The molecule has 0 spiro atoms. The molecule has 8 nitrogen and oxygen atoms in total. The number of benzene rings is 2. The molecule has 0 atom stereocenters. The van der Waals surface area contributed by atoms with Crippen molar-refractivity contribution in [3.8, 4) is 22.8 Å². The Morgan fingerprint density at radius 2 is 1.68 bits per heavy atom. The maximum Gasteiger partial charge on any atom is 0.272 e. The first-order valence-corrected chi connectivity index (χ1v) is 15.5. The number of amides is 2. The molecule has 1 aliphatic carbocycles. The van der Waals surface area contributed by atoms with E-state index in [9.17, 15) is 14.0 Å². The van der Waals surface area contributed by atoms with Gasteiger partial charge in [0, 0.05) is 24.3 Å². The Morgan fingerprint density at radius 1 is 0.932 bits per heavy atom. The van der Waals surface area contributed by atoms with Gasteiger partial charge in [-0.3, -0.25) is 14.3 Å². The maximum atomic E-state index is 14.2. The Bertz CT molecular complexity index is 1600. The van der Waals surface area contributed by atoms with Gasteiger partial charge in [0.25, 0.3) is 11.8 Å². The molecule has 4 aromatic rings. The number of carbonyl (C=O) groups excluding carboxylic acids is 2. The van der Waals surface area contributed by atoms with Gasteiger partial charge in [-0.05, 0) is 98.7 Å². The quantitative estimate of drug-likeness (QED) is 0.232. The minimum atomic E-state index is -0.619. The molecule has 0 bridgehead atoms. The largest absolute Gasteiger partial charge is 0.438 e. The van der Waals surface area contributed by atoms with Crippen molar-refractivity contribution >= 4 is 11.8 Å². The lowest BCUT2D eigenvalue weighted by molar-refractivity contribution is 0.0887. The molecule has 2 amide bonds. The van der Waals surface area contributed by atoms with Crippen LogP contribution in [0.4, 0.5) is 4.39 Å². The Labute approximate surface area is 257 Å². The van der Waals surface area contributed by atoms with Crippen molar-refractivity contribution in [1.29, 1.82) is 0 Å². The average Bonchev–Trinajstić information content (AvgIpc) is 3.48. The number of fused-ring (bicyclic) bond motifs is 1. The molecule has 1 saturated carbocycles. The van der Waals surface area contributed by atoms with E-state index in [0.717, 1.165) is 80.6 Å². The number of halogens is 1. The fourth-order valence-electron chi connectivity index (χ4n) is 6.02. The predicted octanol–water partition coefficient (Wildman–Crippen LogP) is 6.45. The summed E-state index contributed by atoms with van der Waals surface area (Å²) in [5.74, 6) is -0.684. The van der Waals surface area contributed by atoms with E-state index < -0.39 is 11.7 Å². The highest BCUT2D eigenvalue weighted by molar-refractivity contribution is 5.96. The fourth-order valence-corrected chi connectivity index (χ4v) is 6.02. The second-order valence-electron chi connectivity index (χ2n) is 11.6. The van der Waals surface area contributed by atoms with Gasteiger partial charge in [-0.15, -0.1) is 0 Å². The molecule has 6 rings (SSSR count). The van der Waals surface area contributed by atoms with Crippen LogP contribution in [0.3, 0.4) is 0 Å². The molecule has 9 heteroatoms. The minimum absolute atomic E-state index is 0.0104. The van der Waals surface area contributed by atoms with Crippen molar-refractivity contribution < 1.29 is 18.7 Å². The molecule has 3 heterocycles. The molecule has 1 radical (unpaired) electrons. The van der Waals surface area contributed by atoms with Crippen LogP contribution in [-0.2, 0) is 19.4 Å². The number of carbonyl (C=O) groups is 2. The summed E-state index contributed by atoms with van der Waals surface area (Å²) in [7, 11) is 0. The van der Waals surface area contributed by atoms with Gasteiger partial charge < -0.3 is 15.4 Å². The van der Waals surface area contributed by atoms with Crippen molar-refractivity contribution in [1.82, 2.24) is 25.4 Å². The molecule has 44 heavy (non-hydrogen) atoms. The number of nitrogens with zero attached hydrogens (tertiary/aromatic N) is 3. The lowest BCUT2D eigenvalue weighted by Crippen LogP contribution is -2.44. The number of aryl methyl sites for hydroxylation is 3. The Morgan fingerprint density at radius 3 is 2.41 bits per heavy atom. The van der Waals surface area contributed by atoms with Crippen LogP contribution in [0, 0.1) is 12.7 Å². The summed E-state index contributed by atoms with van der Waals surface area (Å²) in [5, 5.41) is 10.6. The Kier molecular flexibility index (Phi) is 9.00. The normalized spacial score (nSPS) is 17.9. The minimum Gasteiger partial charge on any atom is -0.438 e. The van der Waals surface area contributed by atoms with E-state index in [1.54, 1.807) is 6.07 Å². The van der Waals surface area contributed by atoms with Crippen molar-refractivity contribution in [2.75, 3.05) is 0 Å². The van der Waals surface area contributed by atoms with E-state index in [4.69, 9.17) is 4.74 Å². The van der Waals surface area contributed by atoms with Gasteiger partial charge in [0.05, 0.1) is 6.20 Å². The Hall–Kier alpha value is -4.53. The average molecular weight is 595 g/mol. The third-order valence-corrected chi connectivity index (χ3v) is 8.41. The summed E-state index contributed by atoms with van der Waals surface area (Å²) in [5.41, 5.74) is 4.83. The summed E-state index contributed by atoms with van der Waals surface area (Å²) >= 11 is 0. The second-order valence-corrected chi connectivity index (χ2v) is 11.6. The number of hydrogen-bond donors (Lipinski definition) is 2. The first-order valence-electron chi connectivity index (χ1n) is 15.5. The molecule has 2 aliphatic rings. The van der Waals surface area contributed by atoms with Crippen LogP contribution in [0.15, 0.2) is 66.9 Å². The zero-order valence-corrected chi connectivity index (χ0v) is 24.7. The highest BCUT2D eigenvalue weighted by atomic mass is 19.1. The van der Waals surface area contributed by atoms with E-state index in [1.807, 2.05) is 28.9 Å². The van der Waals surface area contributed by atoms with Crippen LogP contribution in [0.5, 0.6) is 11.6 Å². The standard InChI is InChI=1S/C35H37FN5O3/c1-2-6-23-10-12-24(13-11-23)25-7-5-9-30(19-25)44-35-31(20-26(36)22-37-35)33(42)38-27-14-16-28(17-15-27)39-34(43)32-21-29-8-3-4-18-41(29)40-32/h5,7,9-13,19-22,27-28H,1-4,6,8,14-18H2,(H,38,42)(H,39,43)/t27-,28-. The molecule has 0 unspecified atom stereocenters. The number of aromatic nitrogens is 3. The van der Waals surface area contributed by atoms with Crippen LogP contribution < -0.4 is 15.4 Å². The van der Waals surface area contributed by atoms with Gasteiger partial charge in [-0.25, -0.2) is 9.37 Å². The smallest absolute Gasteiger partial charge is 0.272 e. The second kappa shape index (κ2) is 13.4. The summed E-state index contributed by atoms with van der Waals surface area (Å²) in [4.78, 5) is 30.2. The highest BCUT2D eigenvalue weighted by Gasteiger charge is 2.27. The molecular weight excluding hydrogens is 557 g/mol. The lowest BCUT2D eigenvalue weighted by Gasteiger charge is -2.29. The van der Waals surface area contributed by atoms with Crippen LogP contribution in [0.1, 0.15) is 77.0 Å². The third-order valence-electron chi connectivity index (χ3n) is 8.41. The van der Waals surface area contributed by atoms with E-state index in [-0.39, 0.29) is 29.4 Å². The van der Waals surface area contributed by atoms with E-state index in [1.165, 1.54) is 5.56 Å². The first kappa shape index (κ1) is 29.5. The van der Waals surface area contributed by atoms with E-state index >= 15 is 0 Å². The third kappa shape index (κ3) is 6.98. The molecule has 1 aliphatic heterocycles. The van der Waals surface area contributed by atoms with Gasteiger partial charge in [-0.1, -0.05) is 43.3 Å². The van der Waals surface area contributed by atoms with Gasteiger partial charge >= 0.3 is 0 Å². The Balaban J connectivity index is 1.06. The van der Waals surface area contributed by atoms with Crippen LogP contribution in [0.25, 0.3) is 11.1 Å². The molecule has 2 aromatic heterocycles. The van der Waals surface area contributed by atoms with Crippen LogP contribution in [0.2, 0.25) is 0 Å². The summed E-state index contributed by atoms with van der Waals surface area (Å²) in [6.07, 6.45) is 8.80. The van der Waals surface area contributed by atoms with E-state index in [0.29, 0.717) is 24.3 Å². The topological polar surface area (TPSA) is 98.1 Å². The van der Waals surface area contributed by atoms with Gasteiger partial charge in [0.15, 0.2) is 0 Å². The zero-order chi connectivity index (χ0) is 30.5. The number of rotatable bonds is 9. The monoisotopic (exact) mass is 594 g/mol. The summed E-state index contributed by atoms with van der Waals surface area (Å²) in [6, 6.07) is 18.7. The molecule has 2 aromatic carbocycles. The zero-order valence-electron chi connectivity index (χ0n) is 24.7. The molecule has 1 fully saturated rings. The van der Waals surface area contributed by atoms with Gasteiger partial charge in [0.2, 0.25) is 5.88 Å². The highest BCUT2D eigenvalue weighted by Crippen LogP contribution is 2.29. The van der Waals surface area contributed by atoms with Gasteiger partial charge in [-0.2, -0.15) is 5.10 Å². The van der Waals surface area contributed by atoms with E-state index in [2.05, 4.69) is 51.9 Å².